The normalized spacial score (nSPS) is 11.7. The van der Waals surface area contributed by atoms with Crippen molar-refractivity contribution in [3.05, 3.63) is 28.2 Å². The second-order valence-corrected chi connectivity index (χ2v) is 5.25. The largest absolute Gasteiger partial charge is 0.481 e. The molecule has 1 aromatic carbocycles. The topological polar surface area (TPSA) is 78.4 Å². The lowest BCUT2D eigenvalue weighted by atomic mass is 10.2. The van der Waals surface area contributed by atoms with E-state index in [0.29, 0.717) is 12.1 Å². The van der Waals surface area contributed by atoms with Gasteiger partial charge in [-0.1, -0.05) is 22.0 Å². The molecule has 1 unspecified atom stereocenters. The van der Waals surface area contributed by atoms with Crippen molar-refractivity contribution in [2.45, 2.75) is 32.7 Å². The highest BCUT2D eigenvalue weighted by molar-refractivity contribution is 9.10. The summed E-state index contributed by atoms with van der Waals surface area (Å²) in [7, 11) is 0. The minimum atomic E-state index is -0.864. The Hall–Kier alpha value is -1.56. The highest BCUT2D eigenvalue weighted by atomic mass is 79.9. The van der Waals surface area contributed by atoms with Gasteiger partial charge in [-0.2, -0.15) is 0 Å². The van der Waals surface area contributed by atoms with Crippen LogP contribution in [0.2, 0.25) is 0 Å². The predicted molar refractivity (Wildman–Crippen MR) is 77.4 cm³/mol. The number of halogens is 1. The Balaban J connectivity index is 2.46. The Bertz CT molecular complexity index is 477. The molecule has 19 heavy (non-hydrogen) atoms. The van der Waals surface area contributed by atoms with Gasteiger partial charge in [-0.05, 0) is 38.0 Å². The van der Waals surface area contributed by atoms with Crippen molar-refractivity contribution in [2.75, 3.05) is 5.32 Å². The number of urea groups is 1. The number of rotatable bonds is 5. The van der Waals surface area contributed by atoms with Gasteiger partial charge in [0.2, 0.25) is 0 Å². The van der Waals surface area contributed by atoms with E-state index in [-0.39, 0.29) is 18.5 Å². The summed E-state index contributed by atoms with van der Waals surface area (Å²) in [6.45, 7) is 3.73. The number of carboxylic acids is 1. The van der Waals surface area contributed by atoms with Gasteiger partial charge in [-0.25, -0.2) is 4.79 Å². The van der Waals surface area contributed by atoms with Crippen LogP contribution in [0.5, 0.6) is 0 Å². The number of benzene rings is 1. The molecule has 0 aliphatic carbocycles. The highest BCUT2D eigenvalue weighted by Gasteiger charge is 2.09. The Kier molecular flexibility index (Phi) is 5.82. The van der Waals surface area contributed by atoms with Crippen molar-refractivity contribution in [1.82, 2.24) is 5.32 Å². The van der Waals surface area contributed by atoms with Gasteiger partial charge in [0.15, 0.2) is 0 Å². The standard InChI is InChI=1S/C13H17BrN2O3/c1-8-3-5-10(7-11(8)14)16-13(19)15-9(2)4-6-12(17)18/h3,5,7,9H,4,6H2,1-2H3,(H,17,18)(H2,15,16,19). The van der Waals surface area contributed by atoms with Crippen molar-refractivity contribution >= 4 is 33.6 Å². The average Bonchev–Trinajstić information content (AvgIpc) is 2.31. The minimum absolute atomic E-state index is 0.0392. The fourth-order valence-corrected chi connectivity index (χ4v) is 1.85. The highest BCUT2D eigenvalue weighted by Crippen LogP contribution is 2.20. The molecule has 104 valence electrons. The predicted octanol–water partition coefficient (Wildman–Crippen LogP) is 3.13. The van der Waals surface area contributed by atoms with Gasteiger partial charge in [0.1, 0.15) is 0 Å². The Morgan fingerprint density at radius 3 is 2.68 bits per heavy atom. The van der Waals surface area contributed by atoms with Crippen molar-refractivity contribution in [2.24, 2.45) is 0 Å². The van der Waals surface area contributed by atoms with E-state index in [9.17, 15) is 9.59 Å². The molecule has 0 spiro atoms. The van der Waals surface area contributed by atoms with Gasteiger partial charge in [-0.3, -0.25) is 4.79 Å². The number of carbonyl (C=O) groups is 2. The third-order valence-electron chi connectivity index (χ3n) is 2.60. The second kappa shape index (κ2) is 7.13. The molecule has 6 heteroatoms. The molecule has 0 saturated heterocycles. The van der Waals surface area contributed by atoms with Crippen LogP contribution in [0.25, 0.3) is 0 Å². The summed E-state index contributed by atoms with van der Waals surface area (Å²) >= 11 is 3.39. The number of amides is 2. The molecule has 0 aliphatic heterocycles. The van der Waals surface area contributed by atoms with Crippen LogP contribution in [0.1, 0.15) is 25.3 Å². The van der Waals surface area contributed by atoms with Gasteiger partial charge in [0.25, 0.3) is 0 Å². The maximum absolute atomic E-state index is 11.7. The lowest BCUT2D eigenvalue weighted by Gasteiger charge is -2.14. The molecule has 0 heterocycles. The van der Waals surface area contributed by atoms with Gasteiger partial charge in [-0.15, -0.1) is 0 Å². The second-order valence-electron chi connectivity index (χ2n) is 4.40. The average molecular weight is 329 g/mol. The molecule has 0 fully saturated rings. The molecule has 0 bridgehead atoms. The van der Waals surface area contributed by atoms with Crippen LogP contribution in [0.3, 0.4) is 0 Å². The van der Waals surface area contributed by atoms with E-state index in [4.69, 9.17) is 5.11 Å². The number of carbonyl (C=O) groups excluding carboxylic acids is 1. The molecule has 1 rings (SSSR count). The summed E-state index contributed by atoms with van der Waals surface area (Å²) in [6.07, 6.45) is 0.442. The summed E-state index contributed by atoms with van der Waals surface area (Å²) in [5, 5.41) is 13.9. The fraction of sp³-hybridized carbons (Fsp3) is 0.385. The molecule has 2 amide bonds. The minimum Gasteiger partial charge on any atom is -0.481 e. The Labute approximate surface area is 120 Å². The van der Waals surface area contributed by atoms with Gasteiger partial charge in [0, 0.05) is 22.6 Å². The lowest BCUT2D eigenvalue weighted by Crippen LogP contribution is -2.36. The number of carboxylic acid groups (broad SMARTS) is 1. The van der Waals surface area contributed by atoms with Gasteiger partial charge >= 0.3 is 12.0 Å². The molecule has 1 atom stereocenters. The SMILES string of the molecule is Cc1ccc(NC(=O)NC(C)CCC(=O)O)cc1Br. The number of anilines is 1. The van der Waals surface area contributed by atoms with E-state index >= 15 is 0 Å². The third kappa shape index (κ3) is 5.74. The number of aryl methyl sites for hydroxylation is 1. The monoisotopic (exact) mass is 328 g/mol. The first-order valence-electron chi connectivity index (χ1n) is 5.94. The summed E-state index contributed by atoms with van der Waals surface area (Å²) in [5.41, 5.74) is 1.76. The zero-order chi connectivity index (χ0) is 14.4. The van der Waals surface area contributed by atoms with E-state index in [1.165, 1.54) is 0 Å². The molecule has 0 radical (unpaired) electrons. The van der Waals surface area contributed by atoms with Crippen molar-refractivity contribution < 1.29 is 14.7 Å². The van der Waals surface area contributed by atoms with E-state index < -0.39 is 5.97 Å². The van der Waals surface area contributed by atoms with Crippen LogP contribution in [0, 0.1) is 6.92 Å². The van der Waals surface area contributed by atoms with Crippen LogP contribution in [0.15, 0.2) is 22.7 Å². The number of nitrogens with one attached hydrogen (secondary N) is 2. The molecule has 5 nitrogen and oxygen atoms in total. The summed E-state index contributed by atoms with van der Waals surface area (Å²) in [5.74, 6) is -0.864. The number of hydrogen-bond acceptors (Lipinski definition) is 2. The van der Waals surface area contributed by atoms with Crippen LogP contribution >= 0.6 is 15.9 Å². The van der Waals surface area contributed by atoms with E-state index in [0.717, 1.165) is 10.0 Å². The first kappa shape index (κ1) is 15.5. The number of aliphatic carboxylic acids is 1. The quantitative estimate of drug-likeness (QED) is 0.776. The third-order valence-corrected chi connectivity index (χ3v) is 3.45. The van der Waals surface area contributed by atoms with Gasteiger partial charge < -0.3 is 15.7 Å². The van der Waals surface area contributed by atoms with Gasteiger partial charge in [0.05, 0.1) is 0 Å². The fourth-order valence-electron chi connectivity index (χ4n) is 1.47. The van der Waals surface area contributed by atoms with Crippen molar-refractivity contribution in [1.29, 1.82) is 0 Å². The number of hydrogen-bond donors (Lipinski definition) is 3. The van der Waals surface area contributed by atoms with E-state index in [2.05, 4.69) is 26.6 Å². The van der Waals surface area contributed by atoms with Crippen LogP contribution in [-0.4, -0.2) is 23.1 Å². The first-order valence-corrected chi connectivity index (χ1v) is 6.73. The van der Waals surface area contributed by atoms with E-state index in [1.807, 2.05) is 25.1 Å². The molecular weight excluding hydrogens is 312 g/mol. The summed E-state index contributed by atoms with van der Waals surface area (Å²) < 4.78 is 0.921. The van der Waals surface area contributed by atoms with Crippen LogP contribution in [0.4, 0.5) is 10.5 Å². The smallest absolute Gasteiger partial charge is 0.319 e. The zero-order valence-corrected chi connectivity index (χ0v) is 12.5. The lowest BCUT2D eigenvalue weighted by molar-refractivity contribution is -0.137. The van der Waals surface area contributed by atoms with Crippen LogP contribution < -0.4 is 10.6 Å². The molecule has 0 aromatic heterocycles. The van der Waals surface area contributed by atoms with Crippen molar-refractivity contribution in [3.63, 3.8) is 0 Å². The molecule has 3 N–H and O–H groups in total. The Morgan fingerprint density at radius 2 is 2.11 bits per heavy atom. The zero-order valence-electron chi connectivity index (χ0n) is 10.9. The molecular formula is C13H17BrN2O3. The first-order chi connectivity index (χ1) is 8.88. The molecule has 0 aliphatic rings. The maximum Gasteiger partial charge on any atom is 0.319 e. The molecule has 1 aromatic rings. The van der Waals surface area contributed by atoms with Crippen molar-refractivity contribution in [3.8, 4) is 0 Å². The Morgan fingerprint density at radius 1 is 1.42 bits per heavy atom. The summed E-state index contributed by atoms with van der Waals surface area (Å²) in [4.78, 5) is 22.1. The van der Waals surface area contributed by atoms with Crippen LogP contribution in [-0.2, 0) is 4.79 Å². The summed E-state index contributed by atoms with van der Waals surface area (Å²) in [6, 6.07) is 4.99. The van der Waals surface area contributed by atoms with E-state index in [1.54, 1.807) is 6.92 Å². The molecule has 0 saturated carbocycles. The maximum atomic E-state index is 11.7.